The van der Waals surface area contributed by atoms with Crippen LogP contribution in [0.4, 0.5) is 5.69 Å². The first-order chi connectivity index (χ1) is 13.6. The van der Waals surface area contributed by atoms with Gasteiger partial charge in [-0.05, 0) is 52.1 Å². The number of fused-ring (bicyclic) bond motifs is 3. The van der Waals surface area contributed by atoms with E-state index in [9.17, 15) is 20.6 Å². The van der Waals surface area contributed by atoms with Crippen molar-refractivity contribution in [2.24, 2.45) is 0 Å². The molecule has 0 radical (unpaired) electrons. The monoisotopic (exact) mass is 364 g/mol. The number of non-ortho nitro benzene ring substituents is 1. The number of nitrogens with one attached hydrogen (secondary N) is 1. The molecule has 0 amide bonds. The molecular formula is C22H12N4O2. The Morgan fingerprint density at radius 2 is 1.64 bits per heavy atom. The van der Waals surface area contributed by atoms with Crippen molar-refractivity contribution in [3.63, 3.8) is 0 Å². The number of nitriles is 2. The average molecular weight is 364 g/mol. The number of benzene rings is 2. The Kier molecular flexibility index (Phi) is 4.08. The highest BCUT2D eigenvalue weighted by Crippen LogP contribution is 2.47. The molecule has 0 saturated carbocycles. The van der Waals surface area contributed by atoms with E-state index in [1.807, 2.05) is 60.8 Å². The third-order valence-electron chi connectivity index (χ3n) is 4.67. The van der Waals surface area contributed by atoms with Crippen molar-refractivity contribution in [3.05, 3.63) is 99.3 Å². The fourth-order valence-electron chi connectivity index (χ4n) is 3.43. The predicted molar refractivity (Wildman–Crippen MR) is 105 cm³/mol. The van der Waals surface area contributed by atoms with Crippen LogP contribution < -0.4 is 5.32 Å². The van der Waals surface area contributed by atoms with Crippen LogP contribution in [0.1, 0.15) is 16.7 Å². The van der Waals surface area contributed by atoms with Crippen LogP contribution in [0.5, 0.6) is 0 Å². The highest BCUT2D eigenvalue weighted by atomic mass is 16.6. The molecule has 28 heavy (non-hydrogen) atoms. The molecule has 0 aromatic heterocycles. The van der Waals surface area contributed by atoms with E-state index in [0.29, 0.717) is 16.7 Å². The van der Waals surface area contributed by atoms with Crippen molar-refractivity contribution in [2.45, 2.75) is 0 Å². The van der Waals surface area contributed by atoms with Crippen LogP contribution >= 0.6 is 0 Å². The smallest absolute Gasteiger partial charge is 0.270 e. The van der Waals surface area contributed by atoms with Gasteiger partial charge in [-0.1, -0.05) is 24.3 Å². The van der Waals surface area contributed by atoms with E-state index in [4.69, 9.17) is 0 Å². The van der Waals surface area contributed by atoms with Gasteiger partial charge in [-0.2, -0.15) is 10.5 Å². The van der Waals surface area contributed by atoms with E-state index in [1.54, 1.807) is 6.07 Å². The summed E-state index contributed by atoms with van der Waals surface area (Å²) >= 11 is 0. The number of hydrogen-bond donors (Lipinski definition) is 1. The van der Waals surface area contributed by atoms with Gasteiger partial charge < -0.3 is 5.32 Å². The van der Waals surface area contributed by atoms with E-state index in [-0.39, 0.29) is 11.3 Å². The SMILES string of the molecule is N#CC(C#N)=C1c2cc(C3=CC=CC=CN3)ccc2-c2ccc([N+](=O)[O-])cc21. The summed E-state index contributed by atoms with van der Waals surface area (Å²) in [4.78, 5) is 10.7. The summed E-state index contributed by atoms with van der Waals surface area (Å²) in [7, 11) is 0. The second-order valence-corrected chi connectivity index (χ2v) is 6.19. The first-order valence-corrected chi connectivity index (χ1v) is 8.42. The molecule has 0 bridgehead atoms. The van der Waals surface area contributed by atoms with E-state index in [1.165, 1.54) is 12.1 Å². The van der Waals surface area contributed by atoms with Crippen LogP contribution in [0.3, 0.4) is 0 Å². The number of allylic oxidation sites excluding steroid dienone is 5. The molecule has 0 unspecified atom stereocenters. The van der Waals surface area contributed by atoms with Crippen molar-refractivity contribution in [2.75, 3.05) is 0 Å². The number of hydrogen-bond acceptors (Lipinski definition) is 5. The summed E-state index contributed by atoms with van der Waals surface area (Å²) in [6, 6.07) is 14.1. The Bertz CT molecular complexity index is 1220. The standard InChI is InChI=1S/C22H12N4O2/c23-12-15(13-24)22-19-10-14(21-4-2-1-3-9-25-21)5-7-17(19)18-8-6-16(26(27)28)11-20(18)22/h1-11,25H. The first kappa shape index (κ1) is 17.0. The summed E-state index contributed by atoms with van der Waals surface area (Å²) in [6.07, 6.45) is 9.42. The lowest BCUT2D eigenvalue weighted by molar-refractivity contribution is -0.384. The molecule has 6 heteroatoms. The normalized spacial score (nSPS) is 13.4. The molecule has 0 saturated heterocycles. The molecule has 2 aliphatic rings. The number of nitrogens with zero attached hydrogens (tertiary/aromatic N) is 3. The Morgan fingerprint density at radius 1 is 0.929 bits per heavy atom. The van der Waals surface area contributed by atoms with Crippen LogP contribution in [0.2, 0.25) is 0 Å². The highest BCUT2D eigenvalue weighted by Gasteiger charge is 2.29. The van der Waals surface area contributed by atoms with Crippen molar-refractivity contribution in [1.29, 1.82) is 10.5 Å². The van der Waals surface area contributed by atoms with E-state index in [2.05, 4.69) is 5.32 Å². The molecule has 4 rings (SSSR count). The molecule has 1 aliphatic carbocycles. The molecule has 1 aliphatic heterocycles. The zero-order chi connectivity index (χ0) is 19.7. The Labute approximate surface area is 160 Å². The molecule has 0 fully saturated rings. The summed E-state index contributed by atoms with van der Waals surface area (Å²) in [6.45, 7) is 0. The molecule has 0 atom stereocenters. The van der Waals surface area contributed by atoms with Crippen LogP contribution in [0.15, 0.2) is 72.5 Å². The van der Waals surface area contributed by atoms with Gasteiger partial charge in [0.05, 0.1) is 4.92 Å². The van der Waals surface area contributed by atoms with Crippen molar-refractivity contribution >= 4 is 17.0 Å². The third-order valence-corrected chi connectivity index (χ3v) is 4.67. The second kappa shape index (κ2) is 6.71. The summed E-state index contributed by atoms with van der Waals surface area (Å²) in [5.41, 5.74) is 4.88. The summed E-state index contributed by atoms with van der Waals surface area (Å²) in [5.74, 6) is 0. The number of rotatable bonds is 2. The predicted octanol–water partition coefficient (Wildman–Crippen LogP) is 4.44. The minimum atomic E-state index is -0.482. The van der Waals surface area contributed by atoms with Gasteiger partial charge >= 0.3 is 0 Å². The van der Waals surface area contributed by atoms with E-state index < -0.39 is 4.92 Å². The number of nitro groups is 1. The van der Waals surface area contributed by atoms with Crippen molar-refractivity contribution < 1.29 is 4.92 Å². The molecule has 132 valence electrons. The Balaban J connectivity index is 1.97. The molecule has 6 nitrogen and oxygen atoms in total. The lowest BCUT2D eigenvalue weighted by atomic mass is 9.97. The van der Waals surface area contributed by atoms with E-state index >= 15 is 0 Å². The zero-order valence-corrected chi connectivity index (χ0v) is 14.5. The lowest BCUT2D eigenvalue weighted by Gasteiger charge is -2.10. The zero-order valence-electron chi connectivity index (χ0n) is 14.5. The number of nitro benzene ring substituents is 1. The molecule has 1 N–H and O–H groups in total. The fraction of sp³-hybridized carbons (Fsp3) is 0. The van der Waals surface area contributed by atoms with Gasteiger partial charge in [-0.25, -0.2) is 0 Å². The minimum absolute atomic E-state index is 0.0692. The minimum Gasteiger partial charge on any atom is -0.361 e. The van der Waals surface area contributed by atoms with Crippen LogP contribution in [0.25, 0.3) is 22.4 Å². The average Bonchev–Trinajstić information content (AvgIpc) is 2.87. The van der Waals surface area contributed by atoms with Gasteiger partial charge in [0.1, 0.15) is 17.7 Å². The summed E-state index contributed by atoms with van der Waals surface area (Å²) < 4.78 is 0. The lowest BCUT2D eigenvalue weighted by Crippen LogP contribution is -2.03. The van der Waals surface area contributed by atoms with Crippen molar-refractivity contribution in [1.82, 2.24) is 5.32 Å². The van der Waals surface area contributed by atoms with Crippen LogP contribution in [-0.4, -0.2) is 4.92 Å². The van der Waals surface area contributed by atoms with Crippen molar-refractivity contribution in [3.8, 4) is 23.3 Å². The Morgan fingerprint density at radius 3 is 2.36 bits per heavy atom. The molecule has 0 spiro atoms. The van der Waals surface area contributed by atoms with Gasteiger partial charge in [0.25, 0.3) is 5.69 Å². The molecular weight excluding hydrogens is 352 g/mol. The van der Waals surface area contributed by atoms with Crippen LogP contribution in [-0.2, 0) is 0 Å². The van der Waals surface area contributed by atoms with Gasteiger partial charge in [0.2, 0.25) is 0 Å². The Hall–Kier alpha value is -4.42. The van der Waals surface area contributed by atoms with Gasteiger partial charge in [-0.15, -0.1) is 0 Å². The topological polar surface area (TPSA) is 103 Å². The quantitative estimate of drug-likeness (QED) is 0.411. The maximum atomic E-state index is 11.2. The van der Waals surface area contributed by atoms with Gasteiger partial charge in [-0.3, -0.25) is 10.1 Å². The van der Waals surface area contributed by atoms with Gasteiger partial charge in [0.15, 0.2) is 0 Å². The molecule has 2 aromatic carbocycles. The van der Waals surface area contributed by atoms with E-state index in [0.717, 1.165) is 22.4 Å². The van der Waals surface area contributed by atoms with Gasteiger partial charge in [0, 0.05) is 29.6 Å². The third kappa shape index (κ3) is 2.66. The molecule has 2 aromatic rings. The maximum Gasteiger partial charge on any atom is 0.270 e. The largest absolute Gasteiger partial charge is 0.361 e. The molecule has 1 heterocycles. The highest BCUT2D eigenvalue weighted by molar-refractivity contribution is 6.05. The van der Waals surface area contributed by atoms with Crippen LogP contribution in [0, 0.1) is 32.8 Å². The fourth-order valence-corrected chi connectivity index (χ4v) is 3.43. The summed E-state index contributed by atoms with van der Waals surface area (Å²) in [5, 5.41) is 33.3. The maximum absolute atomic E-state index is 11.2. The first-order valence-electron chi connectivity index (χ1n) is 8.42. The second-order valence-electron chi connectivity index (χ2n) is 6.19.